The van der Waals surface area contributed by atoms with Crippen molar-refractivity contribution in [3.05, 3.63) is 34.2 Å². The number of carboxylic acids is 1. The van der Waals surface area contributed by atoms with E-state index < -0.39 is 12.0 Å². The molecule has 1 atom stereocenters. The topological polar surface area (TPSA) is 83.7 Å². The number of rotatable bonds is 7. The van der Waals surface area contributed by atoms with E-state index in [4.69, 9.17) is 28.3 Å². The number of imidazole rings is 1. The summed E-state index contributed by atoms with van der Waals surface area (Å²) in [5.41, 5.74) is 0.992. The number of aromatic nitrogens is 2. The molecule has 6 nitrogen and oxygen atoms in total. The minimum absolute atomic E-state index is 0.0223. The van der Waals surface area contributed by atoms with Gasteiger partial charge < -0.3 is 14.8 Å². The normalized spacial score (nSPS) is 12.3. The summed E-state index contributed by atoms with van der Waals surface area (Å²) in [5.74, 6) is -1.42. The molecule has 0 radical (unpaired) electrons. The highest BCUT2D eigenvalue weighted by atomic mass is 35.5. The average molecular weight is 358 g/mol. The number of amides is 1. The first-order valence-electron chi connectivity index (χ1n) is 7.25. The number of halogens is 2. The molecule has 0 aliphatic heterocycles. The molecule has 0 spiro atoms. The molecule has 8 heteroatoms. The van der Waals surface area contributed by atoms with Gasteiger partial charge >= 0.3 is 5.97 Å². The summed E-state index contributed by atoms with van der Waals surface area (Å²) < 4.78 is 1.64. The van der Waals surface area contributed by atoms with E-state index in [1.165, 1.54) is 0 Å². The Kier molecular flexibility index (Phi) is 5.85. The molecule has 1 unspecified atom stereocenters. The molecule has 2 aromatic heterocycles. The number of carbonyl (C=O) groups excluding carboxylic acids is 1. The number of nitrogens with one attached hydrogen (secondary N) is 1. The third kappa shape index (κ3) is 4.59. The van der Waals surface area contributed by atoms with E-state index >= 15 is 0 Å². The van der Waals surface area contributed by atoms with Gasteiger partial charge in [-0.05, 0) is 12.5 Å². The van der Waals surface area contributed by atoms with E-state index in [0.717, 1.165) is 12.8 Å². The lowest BCUT2D eigenvalue weighted by Gasteiger charge is -2.13. The van der Waals surface area contributed by atoms with Crippen LogP contribution >= 0.6 is 23.2 Å². The van der Waals surface area contributed by atoms with Crippen LogP contribution in [0.4, 0.5) is 0 Å². The second-order valence-electron chi connectivity index (χ2n) is 5.25. The highest BCUT2D eigenvalue weighted by Crippen LogP contribution is 2.21. The van der Waals surface area contributed by atoms with Crippen molar-refractivity contribution in [2.75, 3.05) is 0 Å². The zero-order valence-corrected chi connectivity index (χ0v) is 14.1. The molecule has 0 fully saturated rings. The molecule has 0 aromatic carbocycles. The molecule has 124 valence electrons. The second kappa shape index (κ2) is 7.66. The van der Waals surface area contributed by atoms with E-state index in [-0.39, 0.29) is 12.3 Å². The van der Waals surface area contributed by atoms with Gasteiger partial charge in [0.15, 0.2) is 5.65 Å². The molecule has 2 aromatic rings. The van der Waals surface area contributed by atoms with Gasteiger partial charge in [-0.1, -0.05) is 43.0 Å². The Balaban J connectivity index is 2.07. The number of unbranched alkanes of at least 4 members (excludes halogenated alkanes) is 1. The van der Waals surface area contributed by atoms with E-state index in [1.54, 1.807) is 22.9 Å². The summed E-state index contributed by atoms with van der Waals surface area (Å²) in [4.78, 5) is 27.5. The number of fused-ring (bicyclic) bond motifs is 1. The van der Waals surface area contributed by atoms with Crippen LogP contribution in [-0.2, 0) is 16.0 Å². The quantitative estimate of drug-likeness (QED) is 0.797. The lowest BCUT2D eigenvalue weighted by atomic mass is 10.1. The SMILES string of the molecule is CCCCC(NC(=O)Cc1cn2cc(Cl)cc(Cl)c2n1)C(=O)O. The minimum atomic E-state index is -1.03. The van der Waals surface area contributed by atoms with Crippen molar-refractivity contribution in [2.24, 2.45) is 0 Å². The van der Waals surface area contributed by atoms with Gasteiger partial charge in [-0.2, -0.15) is 0 Å². The lowest BCUT2D eigenvalue weighted by Crippen LogP contribution is -2.41. The third-order valence-corrected chi connectivity index (χ3v) is 3.83. The zero-order valence-electron chi connectivity index (χ0n) is 12.6. The standard InChI is InChI=1S/C15H17Cl2N3O3/c1-2-3-4-12(15(22)23)19-13(21)6-10-8-20-7-9(16)5-11(17)14(20)18-10/h5,7-8,12H,2-4,6H2,1H3,(H,19,21)(H,22,23). The van der Waals surface area contributed by atoms with Crippen LogP contribution in [0.25, 0.3) is 5.65 Å². The molecule has 2 heterocycles. The first-order chi connectivity index (χ1) is 10.9. The molecule has 0 aliphatic rings. The van der Waals surface area contributed by atoms with Crippen LogP contribution < -0.4 is 5.32 Å². The number of hydrogen-bond donors (Lipinski definition) is 2. The predicted octanol–water partition coefficient (Wildman–Crippen LogP) is 2.94. The van der Waals surface area contributed by atoms with Crippen LogP contribution in [0.15, 0.2) is 18.5 Å². The van der Waals surface area contributed by atoms with Gasteiger partial charge in [0.2, 0.25) is 5.91 Å². The van der Waals surface area contributed by atoms with Crippen LogP contribution in [-0.4, -0.2) is 32.4 Å². The first-order valence-corrected chi connectivity index (χ1v) is 8.01. The van der Waals surface area contributed by atoms with E-state index in [2.05, 4.69) is 10.3 Å². The number of nitrogens with zero attached hydrogens (tertiary/aromatic N) is 2. The molecule has 0 saturated heterocycles. The fraction of sp³-hybridized carbons (Fsp3) is 0.400. The van der Waals surface area contributed by atoms with Crippen LogP contribution in [0.3, 0.4) is 0 Å². The molecule has 1 amide bonds. The van der Waals surface area contributed by atoms with Gasteiger partial charge in [-0.15, -0.1) is 0 Å². The molecule has 2 rings (SSSR count). The summed E-state index contributed by atoms with van der Waals surface area (Å²) in [7, 11) is 0. The summed E-state index contributed by atoms with van der Waals surface area (Å²) in [5, 5.41) is 12.5. The highest BCUT2D eigenvalue weighted by Gasteiger charge is 2.20. The van der Waals surface area contributed by atoms with Crippen LogP contribution in [0.5, 0.6) is 0 Å². The Hall–Kier alpha value is -1.79. The number of carbonyl (C=O) groups is 2. The van der Waals surface area contributed by atoms with Gasteiger partial charge in [-0.25, -0.2) is 9.78 Å². The predicted molar refractivity (Wildman–Crippen MR) is 88.0 cm³/mol. The smallest absolute Gasteiger partial charge is 0.326 e. The summed E-state index contributed by atoms with van der Waals surface area (Å²) >= 11 is 12.0. The first kappa shape index (κ1) is 17.6. The Morgan fingerprint density at radius 1 is 1.39 bits per heavy atom. The second-order valence-corrected chi connectivity index (χ2v) is 6.09. The minimum Gasteiger partial charge on any atom is -0.480 e. The largest absolute Gasteiger partial charge is 0.480 e. The fourth-order valence-corrected chi connectivity index (χ4v) is 2.76. The lowest BCUT2D eigenvalue weighted by molar-refractivity contribution is -0.142. The van der Waals surface area contributed by atoms with Crippen LogP contribution in [0, 0.1) is 0 Å². The van der Waals surface area contributed by atoms with Gasteiger partial charge in [0, 0.05) is 12.4 Å². The molecule has 0 bridgehead atoms. The number of carboxylic acid groups (broad SMARTS) is 1. The highest BCUT2D eigenvalue weighted by molar-refractivity contribution is 6.36. The number of hydrogen-bond acceptors (Lipinski definition) is 3. The summed E-state index contributed by atoms with van der Waals surface area (Å²) in [6, 6.07) is 0.693. The Morgan fingerprint density at radius 3 is 2.78 bits per heavy atom. The maximum Gasteiger partial charge on any atom is 0.326 e. The van der Waals surface area contributed by atoms with Crippen LogP contribution in [0.2, 0.25) is 10.0 Å². The van der Waals surface area contributed by atoms with Crippen LogP contribution in [0.1, 0.15) is 31.9 Å². The van der Waals surface area contributed by atoms with Crippen molar-refractivity contribution >= 4 is 40.7 Å². The van der Waals surface area contributed by atoms with Crippen molar-refractivity contribution in [3.63, 3.8) is 0 Å². The molecule has 0 aliphatic carbocycles. The van der Waals surface area contributed by atoms with Gasteiger partial charge in [0.25, 0.3) is 0 Å². The Labute approximate surface area is 143 Å². The monoisotopic (exact) mass is 357 g/mol. The van der Waals surface area contributed by atoms with Crippen molar-refractivity contribution in [2.45, 2.75) is 38.6 Å². The fourth-order valence-electron chi connectivity index (χ4n) is 2.24. The summed E-state index contributed by atoms with van der Waals surface area (Å²) in [6.45, 7) is 1.96. The van der Waals surface area contributed by atoms with E-state index in [0.29, 0.717) is 27.8 Å². The maximum absolute atomic E-state index is 12.0. The molecular formula is C15H17Cl2N3O3. The van der Waals surface area contributed by atoms with Crippen molar-refractivity contribution in [1.29, 1.82) is 0 Å². The number of aliphatic carboxylic acids is 1. The van der Waals surface area contributed by atoms with Crippen molar-refractivity contribution < 1.29 is 14.7 Å². The molecule has 23 heavy (non-hydrogen) atoms. The molecular weight excluding hydrogens is 341 g/mol. The zero-order chi connectivity index (χ0) is 17.0. The molecule has 2 N–H and O–H groups in total. The Bertz CT molecular complexity index is 730. The van der Waals surface area contributed by atoms with E-state index in [9.17, 15) is 9.59 Å². The third-order valence-electron chi connectivity index (χ3n) is 3.34. The van der Waals surface area contributed by atoms with Crippen molar-refractivity contribution in [1.82, 2.24) is 14.7 Å². The van der Waals surface area contributed by atoms with Crippen molar-refractivity contribution in [3.8, 4) is 0 Å². The maximum atomic E-state index is 12.0. The number of pyridine rings is 1. The van der Waals surface area contributed by atoms with Gasteiger partial charge in [0.1, 0.15) is 6.04 Å². The Morgan fingerprint density at radius 2 is 2.13 bits per heavy atom. The summed E-state index contributed by atoms with van der Waals surface area (Å²) in [6.07, 6.45) is 5.27. The average Bonchev–Trinajstić information content (AvgIpc) is 2.85. The molecule has 0 saturated carbocycles. The van der Waals surface area contributed by atoms with Gasteiger partial charge in [-0.3, -0.25) is 4.79 Å². The van der Waals surface area contributed by atoms with E-state index in [1.807, 2.05) is 6.92 Å². The van der Waals surface area contributed by atoms with Gasteiger partial charge in [0.05, 0.1) is 22.2 Å².